The lowest BCUT2D eigenvalue weighted by Crippen LogP contribution is -2.48. The molecule has 1 aromatic carbocycles. The molecule has 7 heteroatoms. The van der Waals surface area contributed by atoms with Crippen LogP contribution in [0.5, 0.6) is 0 Å². The number of rotatable bonds is 5. The molecule has 1 aliphatic rings. The number of hydrogen-bond acceptors (Lipinski definition) is 5. The molecule has 0 unspecified atom stereocenters. The van der Waals surface area contributed by atoms with Crippen LogP contribution in [0.15, 0.2) is 36.7 Å². The smallest absolute Gasteiger partial charge is 0.219 e. The molecule has 0 spiro atoms. The maximum Gasteiger partial charge on any atom is 0.219 e. The monoisotopic (exact) mass is 343 g/mol. The van der Waals surface area contributed by atoms with Crippen LogP contribution in [0.1, 0.15) is 12.5 Å². The normalized spacial score (nSPS) is 14.5. The summed E-state index contributed by atoms with van der Waals surface area (Å²) in [5, 5.41) is 3.28. The van der Waals surface area contributed by atoms with E-state index in [0.717, 1.165) is 36.7 Å². The van der Waals surface area contributed by atoms with Gasteiger partial charge in [0.15, 0.2) is 0 Å². The van der Waals surface area contributed by atoms with Gasteiger partial charge >= 0.3 is 0 Å². The molecule has 3 rings (SSSR count). The summed E-state index contributed by atoms with van der Waals surface area (Å²) in [5.41, 5.74) is 1.07. The molecule has 0 aliphatic carbocycles. The molecule has 2 aromatic rings. The van der Waals surface area contributed by atoms with Gasteiger partial charge in [0.05, 0.1) is 0 Å². The van der Waals surface area contributed by atoms with Gasteiger partial charge in [0.1, 0.15) is 23.8 Å². The molecule has 6 nitrogen and oxygen atoms in total. The Balaban J connectivity index is 1.53. The summed E-state index contributed by atoms with van der Waals surface area (Å²) in [4.78, 5) is 24.0. The van der Waals surface area contributed by atoms with Crippen LogP contribution in [0.2, 0.25) is 0 Å². The third-order valence-corrected chi connectivity index (χ3v) is 4.33. The van der Waals surface area contributed by atoms with Crippen LogP contribution in [-0.4, -0.2) is 53.5 Å². The van der Waals surface area contributed by atoms with E-state index in [0.29, 0.717) is 19.6 Å². The topological polar surface area (TPSA) is 61.4 Å². The van der Waals surface area contributed by atoms with Crippen molar-refractivity contribution in [1.82, 2.24) is 14.9 Å². The number of amides is 1. The Morgan fingerprint density at radius 1 is 1.16 bits per heavy atom. The first-order chi connectivity index (χ1) is 12.1. The summed E-state index contributed by atoms with van der Waals surface area (Å²) >= 11 is 0. The second-order valence-corrected chi connectivity index (χ2v) is 6.06. The minimum absolute atomic E-state index is 0.116. The summed E-state index contributed by atoms with van der Waals surface area (Å²) in [6.45, 7) is 5.28. The lowest BCUT2D eigenvalue weighted by Gasteiger charge is -2.34. The van der Waals surface area contributed by atoms with Gasteiger partial charge in [-0.1, -0.05) is 12.1 Å². The van der Waals surface area contributed by atoms with Crippen LogP contribution < -0.4 is 10.2 Å². The largest absolute Gasteiger partial charge is 0.370 e. The average Bonchev–Trinajstić information content (AvgIpc) is 2.64. The number of benzene rings is 1. The van der Waals surface area contributed by atoms with Gasteiger partial charge in [0.25, 0.3) is 0 Å². The molecular weight excluding hydrogens is 321 g/mol. The molecule has 1 fully saturated rings. The van der Waals surface area contributed by atoms with E-state index in [4.69, 9.17) is 0 Å². The Labute approximate surface area is 146 Å². The van der Waals surface area contributed by atoms with Crippen LogP contribution in [0.4, 0.5) is 16.0 Å². The summed E-state index contributed by atoms with van der Waals surface area (Å²) in [6.07, 6.45) is 2.34. The molecule has 2 heterocycles. The van der Waals surface area contributed by atoms with Crippen molar-refractivity contribution in [3.8, 4) is 0 Å². The number of aromatic nitrogens is 2. The van der Waals surface area contributed by atoms with Crippen LogP contribution in [0, 0.1) is 5.82 Å². The highest BCUT2D eigenvalue weighted by Gasteiger charge is 2.19. The number of halogens is 1. The molecule has 0 bridgehead atoms. The first-order valence-corrected chi connectivity index (χ1v) is 8.42. The maximum atomic E-state index is 12.9. The van der Waals surface area contributed by atoms with E-state index < -0.39 is 0 Å². The number of nitrogens with zero attached hydrogens (tertiary/aromatic N) is 4. The third-order valence-electron chi connectivity index (χ3n) is 4.33. The zero-order valence-electron chi connectivity index (χ0n) is 14.3. The van der Waals surface area contributed by atoms with E-state index >= 15 is 0 Å². The van der Waals surface area contributed by atoms with Gasteiger partial charge in [-0.15, -0.1) is 0 Å². The molecule has 1 aromatic heterocycles. The standard InChI is InChI=1S/C18H22FN5O/c1-14(25)23-8-10-24(11-9-23)18-12-17(21-13-22-18)20-7-6-15-2-4-16(19)5-3-15/h2-5,12-13H,6-11H2,1H3,(H,20,21,22). The minimum atomic E-state index is -0.220. The average molecular weight is 343 g/mol. The Bertz CT molecular complexity index is 714. The molecule has 1 amide bonds. The van der Waals surface area contributed by atoms with Crippen molar-refractivity contribution in [2.45, 2.75) is 13.3 Å². The van der Waals surface area contributed by atoms with Gasteiger partial charge in [0, 0.05) is 45.7 Å². The number of anilines is 2. The van der Waals surface area contributed by atoms with E-state index in [1.54, 1.807) is 25.4 Å². The predicted octanol–water partition coefficient (Wildman–Crippen LogP) is 1.94. The van der Waals surface area contributed by atoms with Crippen molar-refractivity contribution in [1.29, 1.82) is 0 Å². The fraction of sp³-hybridized carbons (Fsp3) is 0.389. The predicted molar refractivity (Wildman–Crippen MR) is 95.1 cm³/mol. The lowest BCUT2D eigenvalue weighted by molar-refractivity contribution is -0.129. The number of hydrogen-bond donors (Lipinski definition) is 1. The zero-order valence-corrected chi connectivity index (χ0v) is 14.3. The molecule has 0 saturated carbocycles. The van der Waals surface area contributed by atoms with Gasteiger partial charge in [0.2, 0.25) is 5.91 Å². The highest BCUT2D eigenvalue weighted by molar-refractivity contribution is 5.73. The zero-order chi connectivity index (χ0) is 17.6. The number of carbonyl (C=O) groups is 1. The maximum absolute atomic E-state index is 12.9. The Morgan fingerprint density at radius 2 is 1.88 bits per heavy atom. The Kier molecular flexibility index (Phi) is 5.42. The van der Waals surface area contributed by atoms with Crippen LogP contribution in [-0.2, 0) is 11.2 Å². The second kappa shape index (κ2) is 7.92. The Hall–Kier alpha value is -2.70. The molecule has 1 saturated heterocycles. The SMILES string of the molecule is CC(=O)N1CCN(c2cc(NCCc3ccc(F)cc3)ncn2)CC1. The first-order valence-electron chi connectivity index (χ1n) is 8.42. The van der Waals surface area contributed by atoms with Crippen molar-refractivity contribution >= 4 is 17.5 Å². The number of nitrogens with one attached hydrogen (secondary N) is 1. The highest BCUT2D eigenvalue weighted by atomic mass is 19.1. The lowest BCUT2D eigenvalue weighted by atomic mass is 10.1. The Morgan fingerprint density at radius 3 is 2.56 bits per heavy atom. The summed E-state index contributed by atoms with van der Waals surface area (Å²) in [7, 11) is 0. The van der Waals surface area contributed by atoms with E-state index in [1.807, 2.05) is 11.0 Å². The van der Waals surface area contributed by atoms with Gasteiger partial charge in [-0.2, -0.15) is 0 Å². The van der Waals surface area contributed by atoms with Gasteiger partial charge in [-0.25, -0.2) is 14.4 Å². The van der Waals surface area contributed by atoms with Crippen molar-refractivity contribution in [2.75, 3.05) is 42.9 Å². The molecule has 0 atom stereocenters. The van der Waals surface area contributed by atoms with E-state index in [2.05, 4.69) is 20.2 Å². The van der Waals surface area contributed by atoms with Gasteiger partial charge in [-0.3, -0.25) is 4.79 Å². The highest BCUT2D eigenvalue weighted by Crippen LogP contribution is 2.16. The van der Waals surface area contributed by atoms with E-state index in [-0.39, 0.29) is 11.7 Å². The van der Waals surface area contributed by atoms with Crippen molar-refractivity contribution in [3.63, 3.8) is 0 Å². The number of piperazine rings is 1. The van der Waals surface area contributed by atoms with E-state index in [9.17, 15) is 9.18 Å². The summed E-state index contributed by atoms with van der Waals surface area (Å²) in [6, 6.07) is 8.44. The fourth-order valence-electron chi connectivity index (χ4n) is 2.85. The quantitative estimate of drug-likeness (QED) is 0.899. The number of carbonyl (C=O) groups excluding carboxylic acids is 1. The third kappa shape index (κ3) is 4.65. The van der Waals surface area contributed by atoms with Gasteiger partial charge < -0.3 is 15.1 Å². The molecule has 1 N–H and O–H groups in total. The molecule has 25 heavy (non-hydrogen) atoms. The first kappa shape index (κ1) is 17.1. The molecule has 132 valence electrons. The minimum Gasteiger partial charge on any atom is -0.370 e. The van der Waals surface area contributed by atoms with Crippen LogP contribution >= 0.6 is 0 Å². The van der Waals surface area contributed by atoms with Gasteiger partial charge in [-0.05, 0) is 24.1 Å². The van der Waals surface area contributed by atoms with E-state index in [1.165, 1.54) is 12.1 Å². The summed E-state index contributed by atoms with van der Waals surface area (Å²) in [5.74, 6) is 1.52. The fourth-order valence-corrected chi connectivity index (χ4v) is 2.85. The molecule has 0 radical (unpaired) electrons. The summed E-state index contributed by atoms with van der Waals surface area (Å²) < 4.78 is 12.9. The van der Waals surface area contributed by atoms with Crippen LogP contribution in [0.3, 0.4) is 0 Å². The van der Waals surface area contributed by atoms with Crippen molar-refractivity contribution < 1.29 is 9.18 Å². The second-order valence-electron chi connectivity index (χ2n) is 6.06. The van der Waals surface area contributed by atoms with Crippen molar-refractivity contribution in [3.05, 3.63) is 48.0 Å². The van der Waals surface area contributed by atoms with Crippen molar-refractivity contribution in [2.24, 2.45) is 0 Å². The molecular formula is C18H22FN5O. The van der Waals surface area contributed by atoms with Crippen LogP contribution in [0.25, 0.3) is 0 Å². The molecule has 1 aliphatic heterocycles.